The van der Waals surface area contributed by atoms with Crippen molar-refractivity contribution in [3.63, 3.8) is 0 Å². The van der Waals surface area contributed by atoms with Gasteiger partial charge in [0.1, 0.15) is 5.75 Å². The molecule has 0 aliphatic heterocycles. The summed E-state index contributed by atoms with van der Waals surface area (Å²) in [6, 6.07) is 8.83. The molecular weight excluding hydrogens is 212 g/mol. The van der Waals surface area contributed by atoms with Gasteiger partial charge in [0.2, 0.25) is 0 Å². The molecule has 3 heteroatoms. The number of fused-ring (bicyclic) bond motifs is 1. The number of benzene rings is 1. The Morgan fingerprint density at radius 3 is 2.71 bits per heavy atom. The van der Waals surface area contributed by atoms with E-state index in [1.165, 1.54) is 16.6 Å². The Labute approximate surface area is 102 Å². The number of nitrogens with one attached hydrogen (secondary N) is 1. The number of methoxy groups -OCH3 is 1. The molecule has 0 saturated carbocycles. The fourth-order valence-electron chi connectivity index (χ4n) is 2.24. The minimum absolute atomic E-state index is 0.355. The van der Waals surface area contributed by atoms with Crippen molar-refractivity contribution in [3.05, 3.63) is 30.0 Å². The van der Waals surface area contributed by atoms with E-state index in [0.29, 0.717) is 6.04 Å². The lowest BCUT2D eigenvalue weighted by Crippen LogP contribution is -2.16. The first-order valence-electron chi connectivity index (χ1n) is 6.05. The molecule has 1 N–H and O–H groups in total. The van der Waals surface area contributed by atoms with Crippen LogP contribution >= 0.6 is 0 Å². The Bertz CT molecular complexity index is 516. The Balaban J connectivity index is 2.63. The average molecular weight is 232 g/mol. The number of aryl methyl sites for hydroxylation is 1. The molecule has 1 heterocycles. The summed E-state index contributed by atoms with van der Waals surface area (Å²) in [4.78, 5) is 0. The molecule has 0 radical (unpaired) electrons. The van der Waals surface area contributed by atoms with E-state index in [2.05, 4.69) is 41.9 Å². The van der Waals surface area contributed by atoms with E-state index < -0.39 is 0 Å². The van der Waals surface area contributed by atoms with Crippen LogP contribution in [0, 0.1) is 0 Å². The second kappa shape index (κ2) is 4.80. The van der Waals surface area contributed by atoms with Crippen LogP contribution in [0.3, 0.4) is 0 Å². The predicted molar refractivity (Wildman–Crippen MR) is 71.6 cm³/mol. The number of hydrogen-bond donors (Lipinski definition) is 1. The third-order valence-electron chi connectivity index (χ3n) is 3.34. The largest absolute Gasteiger partial charge is 0.497 e. The topological polar surface area (TPSA) is 26.2 Å². The third kappa shape index (κ3) is 2.03. The lowest BCUT2D eigenvalue weighted by atomic mass is 10.2. The maximum atomic E-state index is 5.29. The lowest BCUT2D eigenvalue weighted by Gasteiger charge is -2.14. The summed E-state index contributed by atoms with van der Waals surface area (Å²) < 4.78 is 7.62. The number of rotatable bonds is 4. The molecule has 1 atom stereocenters. The van der Waals surface area contributed by atoms with Crippen molar-refractivity contribution in [2.75, 3.05) is 14.2 Å². The number of aromatic nitrogens is 1. The zero-order valence-corrected chi connectivity index (χ0v) is 10.9. The van der Waals surface area contributed by atoms with Crippen molar-refractivity contribution in [3.8, 4) is 5.75 Å². The van der Waals surface area contributed by atoms with Crippen molar-refractivity contribution < 1.29 is 4.74 Å². The van der Waals surface area contributed by atoms with Crippen LogP contribution in [0.25, 0.3) is 10.9 Å². The summed E-state index contributed by atoms with van der Waals surface area (Å²) in [5.41, 5.74) is 2.56. The number of hydrogen-bond acceptors (Lipinski definition) is 2. The molecule has 0 fully saturated rings. The molecule has 3 nitrogen and oxygen atoms in total. The second-order valence-electron chi connectivity index (χ2n) is 4.25. The maximum absolute atomic E-state index is 5.29. The van der Waals surface area contributed by atoms with Gasteiger partial charge >= 0.3 is 0 Å². The van der Waals surface area contributed by atoms with Gasteiger partial charge in [0.05, 0.1) is 12.6 Å². The van der Waals surface area contributed by atoms with Crippen LogP contribution in [0.5, 0.6) is 5.75 Å². The normalized spacial score (nSPS) is 12.9. The van der Waals surface area contributed by atoms with E-state index in [1.807, 2.05) is 13.1 Å². The summed E-state index contributed by atoms with van der Waals surface area (Å²) in [5.74, 6) is 0.911. The Hall–Kier alpha value is -1.48. The third-order valence-corrected chi connectivity index (χ3v) is 3.34. The van der Waals surface area contributed by atoms with Crippen molar-refractivity contribution in [2.24, 2.45) is 0 Å². The first kappa shape index (κ1) is 12.0. The van der Waals surface area contributed by atoms with Crippen LogP contribution in [-0.2, 0) is 6.54 Å². The summed E-state index contributed by atoms with van der Waals surface area (Å²) in [7, 11) is 3.69. The van der Waals surface area contributed by atoms with Crippen molar-refractivity contribution in [1.29, 1.82) is 0 Å². The molecule has 2 rings (SSSR count). The van der Waals surface area contributed by atoms with Crippen LogP contribution < -0.4 is 10.1 Å². The fourth-order valence-corrected chi connectivity index (χ4v) is 2.24. The number of ether oxygens (including phenoxy) is 1. The van der Waals surface area contributed by atoms with Gasteiger partial charge < -0.3 is 14.6 Å². The van der Waals surface area contributed by atoms with E-state index in [9.17, 15) is 0 Å². The molecular formula is C14H20N2O. The van der Waals surface area contributed by atoms with Gasteiger partial charge in [-0.2, -0.15) is 0 Å². The minimum atomic E-state index is 0.355. The standard InChI is InChI=1S/C14H20N2O/c1-5-16-13(10(2)15-3)8-11-6-7-12(17-4)9-14(11)16/h6-10,15H,5H2,1-4H3. The molecule has 0 bridgehead atoms. The fraction of sp³-hybridized carbons (Fsp3) is 0.429. The molecule has 1 aromatic carbocycles. The SMILES string of the molecule is CCn1c(C(C)NC)cc2ccc(OC)cc21. The Morgan fingerprint density at radius 1 is 1.35 bits per heavy atom. The molecule has 92 valence electrons. The summed E-state index contributed by atoms with van der Waals surface area (Å²) in [6.07, 6.45) is 0. The molecule has 0 aliphatic carbocycles. The van der Waals surface area contributed by atoms with Crippen LogP contribution in [-0.4, -0.2) is 18.7 Å². The zero-order chi connectivity index (χ0) is 12.4. The molecule has 1 unspecified atom stereocenters. The Kier molecular flexibility index (Phi) is 3.38. The van der Waals surface area contributed by atoms with Crippen LogP contribution in [0.4, 0.5) is 0 Å². The summed E-state index contributed by atoms with van der Waals surface area (Å²) in [5, 5.41) is 4.56. The maximum Gasteiger partial charge on any atom is 0.120 e. The van der Waals surface area contributed by atoms with Gasteiger partial charge in [0.15, 0.2) is 0 Å². The van der Waals surface area contributed by atoms with Gasteiger partial charge in [-0.3, -0.25) is 0 Å². The van der Waals surface area contributed by atoms with E-state index >= 15 is 0 Å². The molecule has 0 amide bonds. The highest BCUT2D eigenvalue weighted by molar-refractivity contribution is 5.83. The first-order valence-corrected chi connectivity index (χ1v) is 6.05. The second-order valence-corrected chi connectivity index (χ2v) is 4.25. The highest BCUT2D eigenvalue weighted by Crippen LogP contribution is 2.27. The van der Waals surface area contributed by atoms with Gasteiger partial charge in [-0.1, -0.05) is 0 Å². The molecule has 0 saturated heterocycles. The Morgan fingerprint density at radius 2 is 2.12 bits per heavy atom. The van der Waals surface area contributed by atoms with E-state index in [1.54, 1.807) is 7.11 Å². The summed E-state index contributed by atoms with van der Waals surface area (Å²) >= 11 is 0. The van der Waals surface area contributed by atoms with Gasteiger partial charge in [0, 0.05) is 29.7 Å². The quantitative estimate of drug-likeness (QED) is 0.877. The van der Waals surface area contributed by atoms with Crippen LogP contribution in [0.15, 0.2) is 24.3 Å². The van der Waals surface area contributed by atoms with Gasteiger partial charge in [-0.25, -0.2) is 0 Å². The highest BCUT2D eigenvalue weighted by atomic mass is 16.5. The van der Waals surface area contributed by atoms with Gasteiger partial charge in [0.25, 0.3) is 0 Å². The average Bonchev–Trinajstić information content (AvgIpc) is 2.74. The predicted octanol–water partition coefficient (Wildman–Crippen LogP) is 2.95. The molecule has 0 aliphatic rings. The lowest BCUT2D eigenvalue weighted by molar-refractivity contribution is 0.415. The van der Waals surface area contributed by atoms with Crippen molar-refractivity contribution in [1.82, 2.24) is 9.88 Å². The monoisotopic (exact) mass is 232 g/mol. The smallest absolute Gasteiger partial charge is 0.120 e. The van der Waals surface area contributed by atoms with E-state index in [4.69, 9.17) is 4.74 Å². The van der Waals surface area contributed by atoms with E-state index in [0.717, 1.165) is 12.3 Å². The van der Waals surface area contributed by atoms with E-state index in [-0.39, 0.29) is 0 Å². The molecule has 1 aromatic heterocycles. The molecule has 17 heavy (non-hydrogen) atoms. The minimum Gasteiger partial charge on any atom is -0.497 e. The molecule has 2 aromatic rings. The van der Waals surface area contributed by atoms with Gasteiger partial charge in [-0.15, -0.1) is 0 Å². The van der Waals surface area contributed by atoms with Crippen LogP contribution in [0.2, 0.25) is 0 Å². The molecule has 0 spiro atoms. The van der Waals surface area contributed by atoms with Crippen molar-refractivity contribution >= 4 is 10.9 Å². The van der Waals surface area contributed by atoms with Crippen LogP contribution in [0.1, 0.15) is 25.6 Å². The van der Waals surface area contributed by atoms with Gasteiger partial charge in [-0.05, 0) is 39.1 Å². The first-order chi connectivity index (χ1) is 8.21. The highest BCUT2D eigenvalue weighted by Gasteiger charge is 2.12. The van der Waals surface area contributed by atoms with Crippen molar-refractivity contribution in [2.45, 2.75) is 26.4 Å². The zero-order valence-electron chi connectivity index (χ0n) is 10.9. The summed E-state index contributed by atoms with van der Waals surface area (Å²) in [6.45, 7) is 5.32. The number of nitrogens with zero attached hydrogens (tertiary/aromatic N) is 1.